The molecule has 0 aromatic heterocycles. The van der Waals surface area contributed by atoms with Gasteiger partial charge in [-0.05, 0) is 138 Å². The standard InChI is InChI=1S/C43H44S/c1-8-30(31-15-10-9-11-16-31)24-36(27(2)3)37-25-32(19-18-29(37)5)33-20-22-39-38(26-33)35-21-23-40(44)41(42(35)43(39,6)7)34-17-13-12-14-28(34)4/h9-11,13,15-26,44H,8,12,14H2,1-7H3/b30-24+. The third-order valence-electron chi connectivity index (χ3n) is 9.73. The summed E-state index contributed by atoms with van der Waals surface area (Å²) in [5.41, 5.74) is 19.9. The molecule has 0 bridgehead atoms. The minimum absolute atomic E-state index is 0.109. The van der Waals surface area contributed by atoms with Crippen LogP contribution in [0.5, 0.6) is 0 Å². The van der Waals surface area contributed by atoms with Gasteiger partial charge in [-0.1, -0.05) is 111 Å². The number of aryl methyl sites for hydroxylation is 1. The van der Waals surface area contributed by atoms with E-state index in [1.807, 2.05) is 0 Å². The Bertz CT molecular complexity index is 1890. The molecule has 0 saturated heterocycles. The summed E-state index contributed by atoms with van der Waals surface area (Å²) in [6.45, 7) is 16.0. The third kappa shape index (κ3) is 5.26. The summed E-state index contributed by atoms with van der Waals surface area (Å²) in [4.78, 5) is 1.07. The molecule has 0 heterocycles. The van der Waals surface area contributed by atoms with Crippen molar-refractivity contribution in [2.45, 2.75) is 78.0 Å². The summed E-state index contributed by atoms with van der Waals surface area (Å²) < 4.78 is 0. The van der Waals surface area contributed by atoms with E-state index in [1.54, 1.807) is 0 Å². The first-order valence-corrected chi connectivity index (χ1v) is 16.5. The van der Waals surface area contributed by atoms with Gasteiger partial charge in [0.2, 0.25) is 0 Å². The lowest BCUT2D eigenvalue weighted by molar-refractivity contribution is 0.656. The van der Waals surface area contributed by atoms with Crippen molar-refractivity contribution in [2.75, 3.05) is 0 Å². The van der Waals surface area contributed by atoms with Crippen molar-refractivity contribution in [1.29, 1.82) is 0 Å². The molecule has 0 nitrogen and oxygen atoms in total. The van der Waals surface area contributed by atoms with Gasteiger partial charge in [0.1, 0.15) is 0 Å². The van der Waals surface area contributed by atoms with E-state index in [1.165, 1.54) is 83.5 Å². The minimum Gasteiger partial charge on any atom is -0.143 e. The summed E-state index contributed by atoms with van der Waals surface area (Å²) in [5.74, 6) is 0. The van der Waals surface area contributed by atoms with Crippen LogP contribution in [0.4, 0.5) is 0 Å². The molecule has 0 fully saturated rings. The Morgan fingerprint density at radius 1 is 0.864 bits per heavy atom. The molecule has 2 aliphatic carbocycles. The highest BCUT2D eigenvalue weighted by molar-refractivity contribution is 7.80. The van der Waals surface area contributed by atoms with Crippen LogP contribution in [0.2, 0.25) is 0 Å². The van der Waals surface area contributed by atoms with E-state index in [-0.39, 0.29) is 5.41 Å². The zero-order chi connectivity index (χ0) is 31.2. The number of allylic oxidation sites excluding steroid dienone is 8. The predicted molar refractivity (Wildman–Crippen MR) is 195 cm³/mol. The summed E-state index contributed by atoms with van der Waals surface area (Å²) in [6, 6.07) is 29.4. The van der Waals surface area contributed by atoms with Crippen LogP contribution >= 0.6 is 12.6 Å². The fourth-order valence-electron chi connectivity index (χ4n) is 7.24. The highest BCUT2D eigenvalue weighted by atomic mass is 32.1. The zero-order valence-corrected chi connectivity index (χ0v) is 28.2. The largest absolute Gasteiger partial charge is 0.143 e. The SMILES string of the molecule is CC/C(=C\C(=C(C)C)c1cc(-c2ccc3c(c2)-c2ccc(S)c(C4=C(C)CCC=C4)c2C3(C)C)ccc1C)c1ccccc1. The monoisotopic (exact) mass is 592 g/mol. The van der Waals surface area contributed by atoms with Crippen molar-refractivity contribution >= 4 is 29.3 Å². The molecule has 0 atom stereocenters. The first-order chi connectivity index (χ1) is 21.1. The van der Waals surface area contributed by atoms with Gasteiger partial charge in [0.25, 0.3) is 0 Å². The number of hydrogen-bond donors (Lipinski definition) is 1. The summed E-state index contributed by atoms with van der Waals surface area (Å²) >= 11 is 5.01. The first-order valence-electron chi connectivity index (χ1n) is 16.0. The lowest BCUT2D eigenvalue weighted by atomic mass is 9.77. The maximum atomic E-state index is 5.01. The van der Waals surface area contributed by atoms with Crippen molar-refractivity contribution in [2.24, 2.45) is 0 Å². The number of hydrogen-bond acceptors (Lipinski definition) is 1. The predicted octanol–water partition coefficient (Wildman–Crippen LogP) is 12.7. The second kappa shape index (κ2) is 11.9. The molecule has 4 aromatic rings. The number of rotatable bonds is 6. The summed E-state index contributed by atoms with van der Waals surface area (Å²) in [5, 5.41) is 0. The zero-order valence-electron chi connectivity index (χ0n) is 27.3. The van der Waals surface area contributed by atoms with Gasteiger partial charge in [0.15, 0.2) is 0 Å². The fraction of sp³-hybridized carbons (Fsp3) is 0.256. The van der Waals surface area contributed by atoms with E-state index < -0.39 is 0 Å². The molecular weight excluding hydrogens is 549 g/mol. The van der Waals surface area contributed by atoms with Crippen LogP contribution < -0.4 is 0 Å². The lowest BCUT2D eigenvalue weighted by Gasteiger charge is -2.27. The molecule has 0 unspecified atom stereocenters. The maximum Gasteiger partial charge on any atom is 0.0165 e. The molecule has 0 amide bonds. The third-order valence-corrected chi connectivity index (χ3v) is 10.1. The van der Waals surface area contributed by atoms with Crippen LogP contribution in [-0.2, 0) is 5.41 Å². The Balaban J connectivity index is 1.47. The number of benzene rings is 4. The normalized spacial score (nSPS) is 15.3. The van der Waals surface area contributed by atoms with Gasteiger partial charge < -0.3 is 0 Å². The highest BCUT2D eigenvalue weighted by Gasteiger charge is 2.39. The Labute approximate surface area is 270 Å². The minimum atomic E-state index is -0.109. The molecule has 44 heavy (non-hydrogen) atoms. The van der Waals surface area contributed by atoms with Crippen LogP contribution in [0.15, 0.2) is 113 Å². The van der Waals surface area contributed by atoms with Crippen LogP contribution in [0.3, 0.4) is 0 Å². The smallest absolute Gasteiger partial charge is 0.0165 e. The molecule has 0 saturated carbocycles. The Kier molecular flexibility index (Phi) is 8.20. The van der Waals surface area contributed by atoms with E-state index in [4.69, 9.17) is 12.6 Å². The van der Waals surface area contributed by atoms with E-state index >= 15 is 0 Å². The van der Waals surface area contributed by atoms with Gasteiger partial charge in [-0.3, -0.25) is 0 Å². The number of fused-ring (bicyclic) bond motifs is 3. The molecule has 0 N–H and O–H groups in total. The Morgan fingerprint density at radius 2 is 1.59 bits per heavy atom. The fourth-order valence-corrected chi connectivity index (χ4v) is 7.54. The van der Waals surface area contributed by atoms with Gasteiger partial charge in [-0.25, -0.2) is 0 Å². The highest BCUT2D eigenvalue weighted by Crippen LogP contribution is 2.54. The van der Waals surface area contributed by atoms with Crippen molar-refractivity contribution < 1.29 is 0 Å². The molecule has 1 heteroatoms. The van der Waals surface area contributed by atoms with Crippen molar-refractivity contribution in [3.8, 4) is 22.3 Å². The van der Waals surface area contributed by atoms with E-state index in [0.717, 1.165) is 24.2 Å². The summed E-state index contributed by atoms with van der Waals surface area (Å²) in [7, 11) is 0. The number of thiol groups is 1. The van der Waals surface area contributed by atoms with Gasteiger partial charge in [-0.2, -0.15) is 0 Å². The van der Waals surface area contributed by atoms with Crippen molar-refractivity contribution in [3.05, 3.63) is 142 Å². The average molecular weight is 593 g/mol. The first kappa shape index (κ1) is 30.2. The Morgan fingerprint density at radius 3 is 2.30 bits per heavy atom. The van der Waals surface area contributed by atoms with E-state index in [0.29, 0.717) is 0 Å². The van der Waals surface area contributed by atoms with Gasteiger partial charge in [0.05, 0.1) is 0 Å². The second-order valence-corrected chi connectivity index (χ2v) is 13.7. The molecule has 6 rings (SSSR count). The van der Waals surface area contributed by atoms with E-state index in [9.17, 15) is 0 Å². The molecule has 0 aliphatic heterocycles. The van der Waals surface area contributed by atoms with Crippen molar-refractivity contribution in [3.63, 3.8) is 0 Å². The Hall–Kier alpha value is -3.81. The van der Waals surface area contributed by atoms with Crippen LogP contribution in [-0.4, -0.2) is 0 Å². The average Bonchev–Trinajstić information content (AvgIpc) is 3.24. The molecule has 0 radical (unpaired) electrons. The van der Waals surface area contributed by atoms with Gasteiger partial charge >= 0.3 is 0 Å². The van der Waals surface area contributed by atoms with Gasteiger partial charge in [-0.15, -0.1) is 12.6 Å². The van der Waals surface area contributed by atoms with Crippen LogP contribution in [0, 0.1) is 6.92 Å². The molecule has 0 spiro atoms. The summed E-state index contributed by atoms with van der Waals surface area (Å²) in [6.07, 6.45) is 10.3. The second-order valence-electron chi connectivity index (χ2n) is 13.2. The maximum absolute atomic E-state index is 5.01. The molecule has 2 aliphatic rings. The van der Waals surface area contributed by atoms with Crippen LogP contribution in [0.1, 0.15) is 94.2 Å². The lowest BCUT2D eigenvalue weighted by Crippen LogP contribution is -2.18. The van der Waals surface area contributed by atoms with Crippen molar-refractivity contribution in [1.82, 2.24) is 0 Å². The molecule has 222 valence electrons. The van der Waals surface area contributed by atoms with Crippen LogP contribution in [0.25, 0.3) is 39.0 Å². The molecule has 4 aromatic carbocycles. The molecular formula is C43H44S. The van der Waals surface area contributed by atoms with E-state index in [2.05, 4.69) is 146 Å². The quantitative estimate of drug-likeness (QED) is 0.167. The topological polar surface area (TPSA) is 0 Å². The van der Waals surface area contributed by atoms with Gasteiger partial charge in [0, 0.05) is 10.3 Å².